The first kappa shape index (κ1) is 29.3. The van der Waals surface area contributed by atoms with Gasteiger partial charge < -0.3 is 10.2 Å². The van der Waals surface area contributed by atoms with Crippen LogP contribution in [0.3, 0.4) is 0 Å². The van der Waals surface area contributed by atoms with Crippen LogP contribution in [0.1, 0.15) is 51.0 Å². The summed E-state index contributed by atoms with van der Waals surface area (Å²) in [6, 6.07) is 13.5. The molecule has 1 N–H and O–H groups in total. The van der Waals surface area contributed by atoms with Crippen LogP contribution in [-0.2, 0) is 26.0 Å². The molecule has 0 aromatic heterocycles. The number of rotatable bonds is 11. The molecule has 37 heavy (non-hydrogen) atoms. The van der Waals surface area contributed by atoms with E-state index in [0.29, 0.717) is 12.8 Å². The van der Waals surface area contributed by atoms with Crippen molar-refractivity contribution in [2.45, 2.75) is 64.0 Å². The molecule has 0 spiro atoms. The Bertz CT molecular complexity index is 1170. The van der Waals surface area contributed by atoms with Crippen LogP contribution >= 0.6 is 23.2 Å². The largest absolute Gasteiger partial charge is 0.352 e. The zero-order valence-corrected chi connectivity index (χ0v) is 23.7. The summed E-state index contributed by atoms with van der Waals surface area (Å²) in [6.07, 6.45) is 7.15. The molecule has 0 bridgehead atoms. The number of nitrogens with zero attached hydrogens (tertiary/aromatic N) is 2. The van der Waals surface area contributed by atoms with E-state index in [4.69, 9.17) is 23.2 Å². The van der Waals surface area contributed by atoms with Crippen LogP contribution in [0.2, 0.25) is 10.0 Å². The van der Waals surface area contributed by atoms with Crippen LogP contribution in [0, 0.1) is 0 Å². The van der Waals surface area contributed by atoms with E-state index >= 15 is 0 Å². The van der Waals surface area contributed by atoms with Crippen molar-refractivity contribution in [3.05, 3.63) is 64.1 Å². The molecule has 2 amide bonds. The van der Waals surface area contributed by atoms with Crippen LogP contribution in [0.5, 0.6) is 0 Å². The molecule has 1 aliphatic carbocycles. The van der Waals surface area contributed by atoms with Gasteiger partial charge in [0.15, 0.2) is 0 Å². The number of carbonyl (C=O) groups excluding carboxylic acids is 2. The Morgan fingerprint density at radius 1 is 1.03 bits per heavy atom. The third-order valence-electron chi connectivity index (χ3n) is 6.69. The zero-order valence-electron chi connectivity index (χ0n) is 21.3. The van der Waals surface area contributed by atoms with Crippen LogP contribution in [0.15, 0.2) is 48.5 Å². The van der Waals surface area contributed by atoms with E-state index in [0.717, 1.165) is 41.8 Å². The summed E-state index contributed by atoms with van der Waals surface area (Å²) in [4.78, 5) is 28.6. The Morgan fingerprint density at radius 2 is 1.70 bits per heavy atom. The fourth-order valence-electron chi connectivity index (χ4n) is 4.69. The standard InChI is InChI=1S/C27H35Cl2N3O4S/c1-3-25(27(34)30-21-12-8-5-9-13-21)31(17-16-20-10-6-4-7-11-20)26(33)19-32(37(2,35)36)22-14-15-23(28)24(29)18-22/h4,6-7,10-11,14-15,18,21,25H,3,5,8-9,12-13,16-17,19H2,1-2H3,(H,30,34)/t25-/m1/s1. The minimum absolute atomic E-state index is 0.102. The van der Waals surface area contributed by atoms with E-state index in [9.17, 15) is 18.0 Å². The van der Waals surface area contributed by atoms with Gasteiger partial charge >= 0.3 is 0 Å². The molecular formula is C27H35Cl2N3O4S. The Balaban J connectivity index is 1.87. The number of sulfonamides is 1. The van der Waals surface area contributed by atoms with Crippen molar-refractivity contribution in [3.8, 4) is 0 Å². The molecule has 7 nitrogen and oxygen atoms in total. The van der Waals surface area contributed by atoms with E-state index in [-0.39, 0.29) is 34.2 Å². The van der Waals surface area contributed by atoms with Gasteiger partial charge in [-0.05, 0) is 49.4 Å². The Kier molecular flexibility index (Phi) is 10.7. The second-order valence-corrected chi connectivity index (χ2v) is 12.2. The number of nitrogens with one attached hydrogen (secondary N) is 1. The highest BCUT2D eigenvalue weighted by Gasteiger charge is 2.32. The van der Waals surface area contributed by atoms with Gasteiger partial charge in [-0.25, -0.2) is 8.42 Å². The normalized spacial score (nSPS) is 15.1. The van der Waals surface area contributed by atoms with Gasteiger partial charge in [-0.15, -0.1) is 0 Å². The van der Waals surface area contributed by atoms with Crippen molar-refractivity contribution < 1.29 is 18.0 Å². The molecule has 0 unspecified atom stereocenters. The van der Waals surface area contributed by atoms with Crippen molar-refractivity contribution in [2.75, 3.05) is 23.7 Å². The maximum absolute atomic E-state index is 13.7. The molecule has 1 atom stereocenters. The SMILES string of the molecule is CC[C@H](C(=O)NC1CCCCC1)N(CCc1ccccc1)C(=O)CN(c1ccc(Cl)c(Cl)c1)S(C)(=O)=O. The van der Waals surface area contributed by atoms with E-state index in [1.807, 2.05) is 37.3 Å². The van der Waals surface area contributed by atoms with Gasteiger partial charge in [0.05, 0.1) is 22.0 Å². The molecular weight excluding hydrogens is 533 g/mol. The molecule has 202 valence electrons. The first-order valence-electron chi connectivity index (χ1n) is 12.7. The van der Waals surface area contributed by atoms with Crippen molar-refractivity contribution in [1.82, 2.24) is 10.2 Å². The van der Waals surface area contributed by atoms with Gasteiger partial charge in [-0.2, -0.15) is 0 Å². The number of anilines is 1. The zero-order chi connectivity index (χ0) is 27.0. The lowest BCUT2D eigenvalue weighted by Gasteiger charge is -2.34. The van der Waals surface area contributed by atoms with Gasteiger partial charge in [0.1, 0.15) is 12.6 Å². The lowest BCUT2D eigenvalue weighted by Crippen LogP contribution is -2.54. The average Bonchev–Trinajstić information content (AvgIpc) is 2.87. The lowest BCUT2D eigenvalue weighted by atomic mass is 9.95. The van der Waals surface area contributed by atoms with Crippen molar-refractivity contribution in [2.24, 2.45) is 0 Å². The molecule has 1 saturated carbocycles. The Hall–Kier alpha value is -2.29. The van der Waals surface area contributed by atoms with Crippen molar-refractivity contribution in [3.63, 3.8) is 0 Å². The predicted octanol–water partition coefficient (Wildman–Crippen LogP) is 5.06. The van der Waals surface area contributed by atoms with Gasteiger partial charge in [-0.1, -0.05) is 79.7 Å². The molecule has 0 heterocycles. The highest BCUT2D eigenvalue weighted by atomic mass is 35.5. The number of benzene rings is 2. The summed E-state index contributed by atoms with van der Waals surface area (Å²) < 4.78 is 26.4. The molecule has 0 aliphatic heterocycles. The minimum atomic E-state index is -3.84. The van der Waals surface area contributed by atoms with Gasteiger partial charge in [0.2, 0.25) is 21.8 Å². The lowest BCUT2D eigenvalue weighted by molar-refractivity contribution is -0.140. The first-order valence-corrected chi connectivity index (χ1v) is 15.3. The molecule has 1 aliphatic rings. The number of carbonyl (C=O) groups is 2. The molecule has 2 aromatic carbocycles. The molecule has 0 radical (unpaired) electrons. The number of halogens is 2. The van der Waals surface area contributed by atoms with Crippen molar-refractivity contribution >= 4 is 50.7 Å². The minimum Gasteiger partial charge on any atom is -0.352 e. The van der Waals surface area contributed by atoms with E-state index in [1.54, 1.807) is 0 Å². The van der Waals surface area contributed by atoms with E-state index in [2.05, 4.69) is 5.32 Å². The summed E-state index contributed by atoms with van der Waals surface area (Å²) in [6.45, 7) is 1.68. The third kappa shape index (κ3) is 8.35. The maximum Gasteiger partial charge on any atom is 0.244 e. The quantitative estimate of drug-likeness (QED) is 0.411. The van der Waals surface area contributed by atoms with Crippen LogP contribution in [0.4, 0.5) is 5.69 Å². The molecule has 3 rings (SSSR count). The fraction of sp³-hybridized carbons (Fsp3) is 0.481. The molecule has 0 saturated heterocycles. The van der Waals surface area contributed by atoms with Crippen LogP contribution in [0.25, 0.3) is 0 Å². The van der Waals surface area contributed by atoms with Crippen LogP contribution in [-0.4, -0.2) is 56.6 Å². The molecule has 10 heteroatoms. The fourth-order valence-corrected chi connectivity index (χ4v) is 5.83. The van der Waals surface area contributed by atoms with Gasteiger partial charge in [0, 0.05) is 12.6 Å². The number of hydrogen-bond acceptors (Lipinski definition) is 4. The monoisotopic (exact) mass is 567 g/mol. The van der Waals surface area contributed by atoms with Crippen molar-refractivity contribution in [1.29, 1.82) is 0 Å². The van der Waals surface area contributed by atoms with Gasteiger partial charge in [-0.3, -0.25) is 13.9 Å². The summed E-state index contributed by atoms with van der Waals surface area (Å²) >= 11 is 12.1. The summed E-state index contributed by atoms with van der Waals surface area (Å²) in [5, 5.41) is 3.59. The first-order chi connectivity index (χ1) is 17.6. The smallest absolute Gasteiger partial charge is 0.244 e. The average molecular weight is 569 g/mol. The highest BCUT2D eigenvalue weighted by molar-refractivity contribution is 7.92. The number of amides is 2. The molecule has 1 fully saturated rings. The topological polar surface area (TPSA) is 86.8 Å². The second-order valence-electron chi connectivity index (χ2n) is 9.46. The summed E-state index contributed by atoms with van der Waals surface area (Å²) in [5.74, 6) is -0.658. The Labute approximate surface area is 230 Å². The van der Waals surface area contributed by atoms with Gasteiger partial charge in [0.25, 0.3) is 0 Å². The maximum atomic E-state index is 13.7. The predicted molar refractivity (Wildman–Crippen MR) is 150 cm³/mol. The summed E-state index contributed by atoms with van der Waals surface area (Å²) in [7, 11) is -3.84. The molecule has 2 aromatic rings. The summed E-state index contributed by atoms with van der Waals surface area (Å²) in [5.41, 5.74) is 1.25. The second kappa shape index (κ2) is 13.5. The third-order valence-corrected chi connectivity index (χ3v) is 8.57. The van der Waals surface area contributed by atoms with E-state index < -0.39 is 28.5 Å². The van der Waals surface area contributed by atoms with Crippen LogP contribution < -0.4 is 9.62 Å². The number of hydrogen-bond donors (Lipinski definition) is 1. The highest BCUT2D eigenvalue weighted by Crippen LogP contribution is 2.28. The van der Waals surface area contributed by atoms with E-state index in [1.165, 1.54) is 29.5 Å². The Morgan fingerprint density at radius 3 is 2.30 bits per heavy atom.